The molecule has 0 amide bonds. The highest BCUT2D eigenvalue weighted by Crippen LogP contribution is 2.33. The van der Waals surface area contributed by atoms with Crippen LogP contribution in [0.1, 0.15) is 24.1 Å². The van der Waals surface area contributed by atoms with Crippen molar-refractivity contribution in [2.24, 2.45) is 0 Å². The third-order valence-electron chi connectivity index (χ3n) is 2.54. The molecular formula is C12H15F4NS. The molecule has 0 aliphatic rings. The van der Waals surface area contributed by atoms with Crippen LogP contribution in [-0.4, -0.2) is 18.6 Å². The van der Waals surface area contributed by atoms with E-state index in [9.17, 15) is 17.6 Å². The number of halogens is 4. The molecule has 0 aromatic heterocycles. The van der Waals surface area contributed by atoms with Crippen LogP contribution in [0.3, 0.4) is 0 Å². The Bertz CT molecular complexity index is 392. The summed E-state index contributed by atoms with van der Waals surface area (Å²) in [7, 11) is 1.68. The van der Waals surface area contributed by atoms with E-state index >= 15 is 0 Å². The van der Waals surface area contributed by atoms with E-state index in [0.29, 0.717) is 11.3 Å². The third kappa shape index (κ3) is 3.88. The Balaban J connectivity index is 3.02. The first-order chi connectivity index (χ1) is 8.40. The maximum atomic E-state index is 13.1. The summed E-state index contributed by atoms with van der Waals surface area (Å²) in [4.78, 5) is 0. The second kappa shape index (κ2) is 6.43. The summed E-state index contributed by atoms with van der Waals surface area (Å²) in [5.74, 6) is 0.297. The third-order valence-corrected chi connectivity index (χ3v) is 3.51. The van der Waals surface area contributed by atoms with E-state index in [4.69, 9.17) is 0 Å². The van der Waals surface area contributed by atoms with Crippen molar-refractivity contribution in [2.75, 3.05) is 18.6 Å². The Morgan fingerprint density at radius 3 is 2.50 bits per heavy atom. The standard InChI is InChI=1S/C12H15F4NS/c1-3-18-7-11(17-2)8-4-5-10(13)9(6-8)12(14,15)16/h4-6,11,17H,3,7H2,1-2H3. The Kier molecular flexibility index (Phi) is 5.47. The smallest absolute Gasteiger partial charge is 0.312 e. The zero-order chi connectivity index (χ0) is 13.8. The summed E-state index contributed by atoms with van der Waals surface area (Å²) in [5.41, 5.74) is -0.756. The number of hydrogen-bond donors (Lipinski definition) is 1. The van der Waals surface area contributed by atoms with Crippen molar-refractivity contribution in [1.82, 2.24) is 5.32 Å². The second-order valence-electron chi connectivity index (χ2n) is 3.74. The first-order valence-corrected chi connectivity index (χ1v) is 6.67. The SMILES string of the molecule is CCSCC(NC)c1ccc(F)c(C(F)(F)F)c1. The number of hydrogen-bond acceptors (Lipinski definition) is 2. The van der Waals surface area contributed by atoms with Crippen LogP contribution in [-0.2, 0) is 6.18 Å². The molecule has 1 aromatic carbocycles. The number of thioether (sulfide) groups is 1. The van der Waals surface area contributed by atoms with E-state index < -0.39 is 17.6 Å². The molecule has 102 valence electrons. The maximum absolute atomic E-state index is 13.1. The topological polar surface area (TPSA) is 12.0 Å². The molecule has 0 saturated carbocycles. The van der Waals surface area contributed by atoms with E-state index in [0.717, 1.165) is 17.9 Å². The van der Waals surface area contributed by atoms with Crippen molar-refractivity contribution in [2.45, 2.75) is 19.1 Å². The van der Waals surface area contributed by atoms with Crippen LogP contribution in [0.15, 0.2) is 18.2 Å². The summed E-state index contributed by atoms with van der Waals surface area (Å²) in [5, 5.41) is 2.94. The van der Waals surface area contributed by atoms with Gasteiger partial charge < -0.3 is 5.32 Å². The van der Waals surface area contributed by atoms with E-state index in [-0.39, 0.29) is 6.04 Å². The minimum absolute atomic E-state index is 0.211. The summed E-state index contributed by atoms with van der Waals surface area (Å²) in [6.45, 7) is 1.98. The summed E-state index contributed by atoms with van der Waals surface area (Å²) >= 11 is 1.62. The molecule has 1 aromatic rings. The zero-order valence-electron chi connectivity index (χ0n) is 10.1. The van der Waals surface area contributed by atoms with Crippen LogP contribution in [0.25, 0.3) is 0 Å². The molecule has 0 fully saturated rings. The highest BCUT2D eigenvalue weighted by molar-refractivity contribution is 7.99. The van der Waals surface area contributed by atoms with Crippen LogP contribution >= 0.6 is 11.8 Å². The second-order valence-corrected chi connectivity index (χ2v) is 5.06. The van der Waals surface area contributed by atoms with Crippen LogP contribution in [0.4, 0.5) is 17.6 Å². The summed E-state index contributed by atoms with van der Waals surface area (Å²) in [6.07, 6.45) is -4.66. The zero-order valence-corrected chi connectivity index (χ0v) is 11.0. The van der Waals surface area contributed by atoms with Gasteiger partial charge in [0.15, 0.2) is 0 Å². The van der Waals surface area contributed by atoms with Gasteiger partial charge in [0.05, 0.1) is 5.56 Å². The van der Waals surface area contributed by atoms with Gasteiger partial charge in [0, 0.05) is 11.8 Å². The maximum Gasteiger partial charge on any atom is 0.419 e. The summed E-state index contributed by atoms with van der Waals surface area (Å²) < 4.78 is 50.9. The molecule has 0 radical (unpaired) electrons. The summed E-state index contributed by atoms with van der Waals surface area (Å²) in [6, 6.07) is 2.94. The monoisotopic (exact) mass is 281 g/mol. The fraction of sp³-hybridized carbons (Fsp3) is 0.500. The average Bonchev–Trinajstić information content (AvgIpc) is 2.30. The molecule has 1 nitrogen and oxygen atoms in total. The van der Waals surface area contributed by atoms with Gasteiger partial charge in [-0.15, -0.1) is 0 Å². The van der Waals surface area contributed by atoms with Crippen molar-refractivity contribution < 1.29 is 17.6 Å². The lowest BCUT2D eigenvalue weighted by atomic mass is 10.0. The van der Waals surface area contributed by atoms with Gasteiger partial charge in [0.25, 0.3) is 0 Å². The van der Waals surface area contributed by atoms with E-state index in [1.165, 1.54) is 6.07 Å². The molecule has 1 atom stereocenters. The van der Waals surface area contributed by atoms with Crippen LogP contribution < -0.4 is 5.32 Å². The molecule has 18 heavy (non-hydrogen) atoms. The van der Waals surface area contributed by atoms with Gasteiger partial charge in [-0.2, -0.15) is 24.9 Å². The van der Waals surface area contributed by atoms with Gasteiger partial charge >= 0.3 is 6.18 Å². The van der Waals surface area contributed by atoms with Gasteiger partial charge in [-0.1, -0.05) is 13.0 Å². The lowest BCUT2D eigenvalue weighted by Crippen LogP contribution is -2.20. The first kappa shape index (κ1) is 15.3. The van der Waals surface area contributed by atoms with Crippen LogP contribution in [0, 0.1) is 5.82 Å². The molecule has 0 heterocycles. The van der Waals surface area contributed by atoms with Gasteiger partial charge in [0.1, 0.15) is 5.82 Å². The van der Waals surface area contributed by atoms with Gasteiger partial charge in [0.2, 0.25) is 0 Å². The lowest BCUT2D eigenvalue weighted by Gasteiger charge is -2.18. The van der Waals surface area contributed by atoms with Gasteiger partial charge in [-0.3, -0.25) is 0 Å². The Hall–Kier alpha value is -0.750. The highest BCUT2D eigenvalue weighted by Gasteiger charge is 2.34. The van der Waals surface area contributed by atoms with Crippen molar-refractivity contribution >= 4 is 11.8 Å². The van der Waals surface area contributed by atoms with E-state index in [1.54, 1.807) is 18.8 Å². The fourth-order valence-electron chi connectivity index (χ4n) is 1.56. The van der Waals surface area contributed by atoms with E-state index in [2.05, 4.69) is 5.32 Å². The minimum Gasteiger partial charge on any atom is -0.312 e. The fourth-order valence-corrected chi connectivity index (χ4v) is 2.39. The minimum atomic E-state index is -4.66. The predicted molar refractivity (Wildman–Crippen MR) is 66.2 cm³/mol. The molecule has 1 rings (SSSR count). The van der Waals surface area contributed by atoms with Gasteiger partial charge in [-0.25, -0.2) is 4.39 Å². The Morgan fingerprint density at radius 1 is 1.33 bits per heavy atom. The average molecular weight is 281 g/mol. The van der Waals surface area contributed by atoms with Crippen molar-refractivity contribution in [3.05, 3.63) is 35.1 Å². The molecule has 1 N–H and O–H groups in total. The molecule has 0 aliphatic carbocycles. The highest BCUT2D eigenvalue weighted by atomic mass is 32.2. The quantitative estimate of drug-likeness (QED) is 0.823. The molecule has 0 bridgehead atoms. The van der Waals surface area contributed by atoms with Crippen molar-refractivity contribution in [3.63, 3.8) is 0 Å². The molecule has 0 saturated heterocycles. The van der Waals surface area contributed by atoms with Crippen molar-refractivity contribution in [1.29, 1.82) is 0 Å². The number of nitrogens with one attached hydrogen (secondary N) is 1. The molecule has 6 heteroatoms. The van der Waals surface area contributed by atoms with Crippen molar-refractivity contribution in [3.8, 4) is 0 Å². The molecule has 1 unspecified atom stereocenters. The molecule has 0 spiro atoms. The largest absolute Gasteiger partial charge is 0.419 e. The predicted octanol–water partition coefficient (Wildman–Crippen LogP) is 3.86. The first-order valence-electron chi connectivity index (χ1n) is 5.51. The van der Waals surface area contributed by atoms with Crippen LogP contribution in [0.5, 0.6) is 0 Å². The number of benzene rings is 1. The van der Waals surface area contributed by atoms with Crippen LogP contribution in [0.2, 0.25) is 0 Å². The van der Waals surface area contributed by atoms with Gasteiger partial charge in [-0.05, 0) is 30.5 Å². The Morgan fingerprint density at radius 2 is 2.00 bits per heavy atom. The number of rotatable bonds is 5. The lowest BCUT2D eigenvalue weighted by molar-refractivity contribution is -0.140. The Labute approximate surface area is 108 Å². The normalized spacial score (nSPS) is 13.7. The molecule has 0 aliphatic heterocycles. The van der Waals surface area contributed by atoms with E-state index in [1.807, 2.05) is 6.92 Å². The number of alkyl halides is 3. The molecular weight excluding hydrogens is 266 g/mol.